The predicted octanol–water partition coefficient (Wildman–Crippen LogP) is 2.50. The molecule has 1 aromatic rings. The van der Waals surface area contributed by atoms with Crippen LogP contribution in [0.4, 0.5) is 0 Å². The monoisotopic (exact) mass is 306 g/mol. The Hall–Kier alpha value is -2.04. The maximum Gasteiger partial charge on any atom is 0.255 e. The first-order valence-electron chi connectivity index (χ1n) is 7.70. The Kier molecular flexibility index (Phi) is 7.43. The predicted molar refractivity (Wildman–Crippen MR) is 86.7 cm³/mol. The number of ether oxygens (including phenoxy) is 1. The molecule has 1 atom stereocenters. The molecular formula is C17H26N2O3. The molecule has 22 heavy (non-hydrogen) atoms. The fraction of sp³-hybridized carbons (Fsp3) is 0.529. The van der Waals surface area contributed by atoms with Crippen LogP contribution in [0.3, 0.4) is 0 Å². The zero-order chi connectivity index (χ0) is 16.5. The highest BCUT2D eigenvalue weighted by Gasteiger charge is 2.10. The van der Waals surface area contributed by atoms with E-state index in [1.807, 2.05) is 6.92 Å². The molecule has 0 aliphatic heterocycles. The fourth-order valence-corrected chi connectivity index (χ4v) is 2.07. The summed E-state index contributed by atoms with van der Waals surface area (Å²) in [6.07, 6.45) is 3.26. The van der Waals surface area contributed by atoms with Gasteiger partial charge in [0.15, 0.2) is 6.61 Å². The van der Waals surface area contributed by atoms with Gasteiger partial charge >= 0.3 is 0 Å². The highest BCUT2D eigenvalue weighted by Crippen LogP contribution is 2.13. The number of carbonyl (C=O) groups is 2. The van der Waals surface area contributed by atoms with Gasteiger partial charge in [0.25, 0.3) is 11.8 Å². The van der Waals surface area contributed by atoms with Gasteiger partial charge in [0.1, 0.15) is 5.75 Å². The van der Waals surface area contributed by atoms with Crippen molar-refractivity contribution in [2.75, 3.05) is 6.61 Å². The molecule has 1 rings (SSSR count). The summed E-state index contributed by atoms with van der Waals surface area (Å²) in [6, 6.07) is 6.80. The molecule has 5 heteroatoms. The van der Waals surface area contributed by atoms with E-state index in [0.29, 0.717) is 17.2 Å². The minimum atomic E-state index is -0.531. The van der Waals surface area contributed by atoms with Gasteiger partial charge in [0.05, 0.1) is 0 Å². The molecular weight excluding hydrogens is 280 g/mol. The van der Waals surface area contributed by atoms with E-state index in [9.17, 15) is 9.59 Å². The third kappa shape index (κ3) is 7.11. The molecule has 122 valence electrons. The number of rotatable bonds is 9. The van der Waals surface area contributed by atoms with Crippen molar-refractivity contribution in [3.05, 3.63) is 29.8 Å². The van der Waals surface area contributed by atoms with Crippen molar-refractivity contribution in [2.45, 2.75) is 46.1 Å². The molecule has 0 aliphatic carbocycles. The Labute approximate surface area is 132 Å². The van der Waals surface area contributed by atoms with Crippen LogP contribution in [-0.4, -0.2) is 24.5 Å². The third-order valence-electron chi connectivity index (χ3n) is 3.29. The van der Waals surface area contributed by atoms with Crippen LogP contribution in [0.1, 0.15) is 50.4 Å². The Bertz CT molecular complexity index is 483. The van der Waals surface area contributed by atoms with E-state index in [0.717, 1.165) is 12.8 Å². The average Bonchev–Trinajstić information content (AvgIpc) is 2.45. The summed E-state index contributed by atoms with van der Waals surface area (Å²) < 4.78 is 5.15. The molecule has 0 aliphatic rings. The van der Waals surface area contributed by atoms with Crippen LogP contribution in [-0.2, 0) is 4.79 Å². The Balaban J connectivity index is 2.43. The summed E-state index contributed by atoms with van der Waals surface area (Å²) in [7, 11) is 0. The number of hydrogen-bond donors (Lipinski definition) is 2. The van der Waals surface area contributed by atoms with Crippen molar-refractivity contribution in [1.82, 2.24) is 5.32 Å². The summed E-state index contributed by atoms with van der Waals surface area (Å²) in [4.78, 5) is 22.7. The lowest BCUT2D eigenvalue weighted by Crippen LogP contribution is -2.32. The molecule has 0 unspecified atom stereocenters. The first-order chi connectivity index (χ1) is 10.4. The normalized spacial score (nSPS) is 12.0. The first kappa shape index (κ1) is 18.0. The van der Waals surface area contributed by atoms with E-state index < -0.39 is 5.91 Å². The van der Waals surface area contributed by atoms with Crippen molar-refractivity contribution < 1.29 is 14.3 Å². The zero-order valence-corrected chi connectivity index (χ0v) is 13.6. The second-order valence-electron chi connectivity index (χ2n) is 5.98. The molecule has 0 spiro atoms. The van der Waals surface area contributed by atoms with Gasteiger partial charge in [-0.15, -0.1) is 0 Å². The van der Waals surface area contributed by atoms with Crippen molar-refractivity contribution in [1.29, 1.82) is 0 Å². The van der Waals surface area contributed by atoms with Crippen molar-refractivity contribution >= 4 is 11.8 Å². The van der Waals surface area contributed by atoms with Gasteiger partial charge in [-0.2, -0.15) is 0 Å². The highest BCUT2D eigenvalue weighted by molar-refractivity contribution is 5.94. The summed E-state index contributed by atoms with van der Waals surface area (Å²) in [6.45, 7) is 6.25. The molecule has 0 heterocycles. The molecule has 0 fully saturated rings. The number of hydrogen-bond acceptors (Lipinski definition) is 3. The number of nitrogens with two attached hydrogens (primary N) is 1. The molecule has 1 aromatic carbocycles. The molecule has 3 N–H and O–H groups in total. The topological polar surface area (TPSA) is 81.4 Å². The van der Waals surface area contributed by atoms with E-state index in [1.165, 1.54) is 6.42 Å². The largest absolute Gasteiger partial charge is 0.484 e. The number of primary amides is 1. The average molecular weight is 306 g/mol. The smallest absolute Gasteiger partial charge is 0.255 e. The number of benzene rings is 1. The summed E-state index contributed by atoms with van der Waals surface area (Å²) >= 11 is 0. The lowest BCUT2D eigenvalue weighted by molar-refractivity contribution is -0.119. The molecule has 0 saturated carbocycles. The number of amides is 2. The second-order valence-corrected chi connectivity index (χ2v) is 5.98. The first-order valence-corrected chi connectivity index (χ1v) is 7.70. The van der Waals surface area contributed by atoms with Gasteiger partial charge < -0.3 is 15.8 Å². The van der Waals surface area contributed by atoms with Gasteiger partial charge in [-0.3, -0.25) is 9.59 Å². The van der Waals surface area contributed by atoms with Crippen LogP contribution in [0.25, 0.3) is 0 Å². The minimum Gasteiger partial charge on any atom is -0.484 e. The summed E-state index contributed by atoms with van der Waals surface area (Å²) in [5.74, 6) is 0.576. The molecule has 0 bridgehead atoms. The Morgan fingerprint density at radius 3 is 2.32 bits per heavy atom. The van der Waals surface area contributed by atoms with Crippen LogP contribution in [0.5, 0.6) is 5.75 Å². The van der Waals surface area contributed by atoms with Gasteiger partial charge in [-0.1, -0.05) is 26.7 Å². The fourth-order valence-electron chi connectivity index (χ4n) is 2.07. The van der Waals surface area contributed by atoms with Crippen molar-refractivity contribution in [2.24, 2.45) is 11.7 Å². The van der Waals surface area contributed by atoms with E-state index in [2.05, 4.69) is 19.2 Å². The standard InChI is InChI=1S/C17H26N2O3/c1-12(2)5-4-6-13(3)19-17(21)14-7-9-15(10-8-14)22-11-16(18)20/h7-10,12-13H,4-6,11H2,1-3H3,(H2,18,20)(H,19,21)/t13-/m0/s1. The van der Waals surface area contributed by atoms with Gasteiger partial charge in [-0.05, 0) is 43.5 Å². The van der Waals surface area contributed by atoms with E-state index in [1.54, 1.807) is 24.3 Å². The Morgan fingerprint density at radius 2 is 1.77 bits per heavy atom. The van der Waals surface area contributed by atoms with Crippen molar-refractivity contribution in [3.63, 3.8) is 0 Å². The quantitative estimate of drug-likeness (QED) is 0.735. The second kappa shape index (κ2) is 9.07. The maximum atomic E-state index is 12.1. The molecule has 0 saturated heterocycles. The molecule has 0 aromatic heterocycles. The lowest BCUT2D eigenvalue weighted by atomic mass is 10.0. The minimum absolute atomic E-state index is 0.0986. The van der Waals surface area contributed by atoms with Crippen LogP contribution in [0.2, 0.25) is 0 Å². The van der Waals surface area contributed by atoms with Crippen LogP contribution >= 0.6 is 0 Å². The number of nitrogens with one attached hydrogen (secondary N) is 1. The molecule has 5 nitrogen and oxygen atoms in total. The molecule has 2 amide bonds. The van der Waals surface area contributed by atoms with Crippen LogP contribution in [0.15, 0.2) is 24.3 Å². The van der Waals surface area contributed by atoms with E-state index in [4.69, 9.17) is 10.5 Å². The zero-order valence-electron chi connectivity index (χ0n) is 13.6. The van der Waals surface area contributed by atoms with Gasteiger partial charge in [0, 0.05) is 11.6 Å². The third-order valence-corrected chi connectivity index (χ3v) is 3.29. The lowest BCUT2D eigenvalue weighted by Gasteiger charge is -2.14. The Morgan fingerprint density at radius 1 is 1.14 bits per heavy atom. The van der Waals surface area contributed by atoms with E-state index in [-0.39, 0.29) is 18.6 Å². The highest BCUT2D eigenvalue weighted by atomic mass is 16.5. The summed E-state index contributed by atoms with van der Waals surface area (Å²) in [5, 5.41) is 2.99. The van der Waals surface area contributed by atoms with Crippen LogP contribution in [0, 0.1) is 5.92 Å². The molecule has 0 radical (unpaired) electrons. The van der Waals surface area contributed by atoms with Gasteiger partial charge in [-0.25, -0.2) is 0 Å². The van der Waals surface area contributed by atoms with E-state index >= 15 is 0 Å². The number of carbonyl (C=O) groups excluding carboxylic acids is 2. The van der Waals surface area contributed by atoms with Crippen LogP contribution < -0.4 is 15.8 Å². The van der Waals surface area contributed by atoms with Crippen molar-refractivity contribution in [3.8, 4) is 5.75 Å². The SMILES string of the molecule is CC(C)CCC[C@H](C)NC(=O)c1ccc(OCC(N)=O)cc1. The van der Waals surface area contributed by atoms with Gasteiger partial charge in [0.2, 0.25) is 0 Å². The maximum absolute atomic E-state index is 12.1. The summed E-state index contributed by atoms with van der Waals surface area (Å²) in [5.41, 5.74) is 5.58.